The first kappa shape index (κ1) is 16.3. The topological polar surface area (TPSA) is 44.8 Å². The number of ketones is 1. The molecule has 4 nitrogen and oxygen atoms in total. The molecule has 0 aliphatic carbocycles. The first-order valence-corrected chi connectivity index (χ1v) is 7.17. The summed E-state index contributed by atoms with van der Waals surface area (Å²) in [6, 6.07) is 9.23. The van der Waals surface area contributed by atoms with Crippen LogP contribution in [0.15, 0.2) is 40.9 Å². The molecule has 6 heteroatoms. The van der Waals surface area contributed by atoms with E-state index in [9.17, 15) is 9.18 Å². The molecule has 0 unspecified atom stereocenters. The Morgan fingerprint density at radius 2 is 1.82 bits per heavy atom. The van der Waals surface area contributed by atoms with Gasteiger partial charge in [0.1, 0.15) is 11.5 Å². The summed E-state index contributed by atoms with van der Waals surface area (Å²) in [5.41, 5.74) is 0.319. The molecule has 0 bridgehead atoms. The molecule has 0 aromatic heterocycles. The predicted molar refractivity (Wildman–Crippen MR) is 83.5 cm³/mol. The second kappa shape index (κ2) is 7.26. The average Bonchev–Trinajstić information content (AvgIpc) is 2.53. The lowest BCUT2D eigenvalue weighted by Crippen LogP contribution is -2.13. The van der Waals surface area contributed by atoms with Crippen LogP contribution in [0.3, 0.4) is 0 Å². The van der Waals surface area contributed by atoms with E-state index in [4.69, 9.17) is 14.2 Å². The van der Waals surface area contributed by atoms with Crippen molar-refractivity contribution in [2.75, 3.05) is 20.8 Å². The second-order valence-corrected chi connectivity index (χ2v) is 5.27. The molecule has 22 heavy (non-hydrogen) atoms. The normalized spacial score (nSPS) is 10.2. The summed E-state index contributed by atoms with van der Waals surface area (Å²) in [6.07, 6.45) is 0. The van der Waals surface area contributed by atoms with Gasteiger partial charge in [-0.3, -0.25) is 4.79 Å². The van der Waals surface area contributed by atoms with Crippen molar-refractivity contribution in [3.63, 3.8) is 0 Å². The summed E-state index contributed by atoms with van der Waals surface area (Å²) < 4.78 is 29.7. The van der Waals surface area contributed by atoms with Gasteiger partial charge in [0.15, 0.2) is 18.2 Å². The van der Waals surface area contributed by atoms with Crippen LogP contribution in [0.2, 0.25) is 0 Å². The number of carbonyl (C=O) groups is 1. The van der Waals surface area contributed by atoms with Crippen molar-refractivity contribution in [1.82, 2.24) is 0 Å². The van der Waals surface area contributed by atoms with Crippen LogP contribution in [-0.2, 0) is 0 Å². The Hall–Kier alpha value is -2.08. The van der Waals surface area contributed by atoms with Gasteiger partial charge in [0.25, 0.3) is 0 Å². The first-order valence-electron chi connectivity index (χ1n) is 6.38. The number of Topliss-reactive ketones (excluding diaryl/α,β-unsaturated/α-hetero) is 1. The van der Waals surface area contributed by atoms with Crippen molar-refractivity contribution in [2.45, 2.75) is 0 Å². The van der Waals surface area contributed by atoms with Gasteiger partial charge in [0.05, 0.1) is 19.8 Å². The van der Waals surface area contributed by atoms with Crippen LogP contribution < -0.4 is 14.2 Å². The summed E-state index contributed by atoms with van der Waals surface area (Å²) in [5, 5.41) is 0. The van der Waals surface area contributed by atoms with Gasteiger partial charge >= 0.3 is 0 Å². The van der Waals surface area contributed by atoms with Crippen molar-refractivity contribution in [2.24, 2.45) is 0 Å². The van der Waals surface area contributed by atoms with Crippen LogP contribution in [-0.4, -0.2) is 26.6 Å². The molecule has 0 heterocycles. The fourth-order valence-corrected chi connectivity index (χ4v) is 2.18. The largest absolute Gasteiger partial charge is 0.497 e. The molecular formula is C16H14BrFO4. The quantitative estimate of drug-likeness (QED) is 0.726. The molecule has 116 valence electrons. The van der Waals surface area contributed by atoms with Crippen molar-refractivity contribution in [3.8, 4) is 17.2 Å². The lowest BCUT2D eigenvalue weighted by atomic mass is 10.1. The highest BCUT2D eigenvalue weighted by molar-refractivity contribution is 9.10. The van der Waals surface area contributed by atoms with Crippen LogP contribution in [0.1, 0.15) is 10.4 Å². The highest BCUT2D eigenvalue weighted by atomic mass is 79.9. The van der Waals surface area contributed by atoms with E-state index in [2.05, 4.69) is 15.9 Å². The van der Waals surface area contributed by atoms with Gasteiger partial charge in [-0.1, -0.05) is 15.9 Å². The Morgan fingerprint density at radius 1 is 1.09 bits per heavy atom. The van der Waals surface area contributed by atoms with Crippen LogP contribution in [0, 0.1) is 5.82 Å². The molecule has 0 N–H and O–H groups in total. The Kier molecular flexibility index (Phi) is 5.38. The van der Waals surface area contributed by atoms with Crippen LogP contribution >= 0.6 is 15.9 Å². The van der Waals surface area contributed by atoms with Crippen molar-refractivity contribution in [3.05, 3.63) is 52.3 Å². The minimum atomic E-state index is -0.542. The SMILES string of the molecule is COc1ccc(OC)c(C(=O)COc2ccc(Br)cc2F)c1. The number of rotatable bonds is 6. The maximum atomic E-state index is 13.7. The van der Waals surface area contributed by atoms with Gasteiger partial charge in [0.2, 0.25) is 5.78 Å². The maximum absolute atomic E-state index is 13.7. The third kappa shape index (κ3) is 3.76. The van der Waals surface area contributed by atoms with E-state index in [0.29, 0.717) is 21.5 Å². The number of carbonyl (C=O) groups excluding carboxylic acids is 1. The predicted octanol–water partition coefficient (Wildman–Crippen LogP) is 3.87. The summed E-state index contributed by atoms with van der Waals surface area (Å²) in [7, 11) is 2.97. The van der Waals surface area contributed by atoms with E-state index in [0.717, 1.165) is 0 Å². The summed E-state index contributed by atoms with van der Waals surface area (Å²) in [5.74, 6) is 0.0703. The number of hydrogen-bond acceptors (Lipinski definition) is 4. The molecular weight excluding hydrogens is 355 g/mol. The van der Waals surface area contributed by atoms with Gasteiger partial charge < -0.3 is 14.2 Å². The molecule has 0 amide bonds. The molecule has 0 radical (unpaired) electrons. The molecule has 0 aliphatic heterocycles. The zero-order chi connectivity index (χ0) is 16.1. The van der Waals surface area contributed by atoms with Gasteiger partial charge in [-0.2, -0.15) is 0 Å². The molecule has 0 fully saturated rings. The van der Waals surface area contributed by atoms with E-state index < -0.39 is 5.82 Å². The van der Waals surface area contributed by atoms with Crippen molar-refractivity contribution in [1.29, 1.82) is 0 Å². The lowest BCUT2D eigenvalue weighted by Gasteiger charge is -2.11. The smallest absolute Gasteiger partial charge is 0.204 e. The number of hydrogen-bond donors (Lipinski definition) is 0. The van der Waals surface area contributed by atoms with Crippen molar-refractivity contribution >= 4 is 21.7 Å². The highest BCUT2D eigenvalue weighted by Crippen LogP contribution is 2.25. The maximum Gasteiger partial charge on any atom is 0.204 e. The number of benzene rings is 2. The average molecular weight is 369 g/mol. The van der Waals surface area contributed by atoms with Crippen LogP contribution in [0.25, 0.3) is 0 Å². The monoisotopic (exact) mass is 368 g/mol. The highest BCUT2D eigenvalue weighted by Gasteiger charge is 2.15. The van der Waals surface area contributed by atoms with Crippen LogP contribution in [0.5, 0.6) is 17.2 Å². The molecule has 2 aromatic carbocycles. The zero-order valence-corrected chi connectivity index (χ0v) is 13.6. The number of ether oxygens (including phenoxy) is 3. The Bertz CT molecular complexity index is 688. The van der Waals surface area contributed by atoms with Crippen LogP contribution in [0.4, 0.5) is 4.39 Å². The van der Waals surface area contributed by atoms with Gasteiger partial charge in [-0.15, -0.1) is 0 Å². The molecule has 0 atom stereocenters. The Labute approximate surface area is 135 Å². The first-order chi connectivity index (χ1) is 10.5. The van der Waals surface area contributed by atoms with Gasteiger partial charge in [-0.25, -0.2) is 4.39 Å². The molecule has 2 aromatic rings. The second-order valence-electron chi connectivity index (χ2n) is 4.35. The summed E-state index contributed by atoms with van der Waals surface area (Å²) in [6.45, 7) is -0.303. The Morgan fingerprint density at radius 3 is 2.45 bits per heavy atom. The fraction of sp³-hybridized carbons (Fsp3) is 0.188. The minimum absolute atomic E-state index is 0.0124. The molecule has 0 spiro atoms. The molecule has 0 saturated carbocycles. The zero-order valence-electron chi connectivity index (χ0n) is 12.1. The van der Waals surface area contributed by atoms with E-state index in [1.807, 2.05) is 0 Å². The molecule has 2 rings (SSSR count). The van der Waals surface area contributed by atoms with E-state index in [1.54, 1.807) is 24.3 Å². The standard InChI is InChI=1S/C16H14BrFO4/c1-20-11-4-6-15(21-2)12(8-11)14(19)9-22-16-5-3-10(17)7-13(16)18/h3-8H,9H2,1-2H3. The van der Waals surface area contributed by atoms with Crippen molar-refractivity contribution < 1.29 is 23.4 Å². The van der Waals surface area contributed by atoms with E-state index in [-0.39, 0.29) is 18.1 Å². The third-order valence-corrected chi connectivity index (χ3v) is 3.45. The fourth-order valence-electron chi connectivity index (χ4n) is 1.85. The lowest BCUT2D eigenvalue weighted by molar-refractivity contribution is 0.0915. The van der Waals surface area contributed by atoms with E-state index >= 15 is 0 Å². The van der Waals surface area contributed by atoms with Gasteiger partial charge in [-0.05, 0) is 36.4 Å². The third-order valence-electron chi connectivity index (χ3n) is 2.96. The number of halogens is 2. The van der Waals surface area contributed by atoms with Gasteiger partial charge in [0, 0.05) is 4.47 Å². The molecule has 0 aliphatic rings. The Balaban J connectivity index is 2.15. The minimum Gasteiger partial charge on any atom is -0.497 e. The summed E-state index contributed by atoms with van der Waals surface area (Å²) >= 11 is 3.15. The van der Waals surface area contributed by atoms with E-state index in [1.165, 1.54) is 26.4 Å². The summed E-state index contributed by atoms with van der Waals surface area (Å²) in [4.78, 5) is 12.3. The number of methoxy groups -OCH3 is 2. The molecule has 0 saturated heterocycles.